The van der Waals surface area contributed by atoms with Crippen LogP contribution in [0.25, 0.3) is 0 Å². The van der Waals surface area contributed by atoms with E-state index < -0.39 is 22.0 Å². The molecule has 0 bridgehead atoms. The fraction of sp³-hybridized carbons (Fsp3) is 0.125. The zero-order chi connectivity index (χ0) is 23.4. The Bertz CT molecular complexity index is 1260. The Morgan fingerprint density at radius 1 is 1.12 bits per heavy atom. The van der Waals surface area contributed by atoms with Crippen LogP contribution in [-0.4, -0.2) is 33.6 Å². The maximum absolute atomic E-state index is 13.4. The summed E-state index contributed by atoms with van der Waals surface area (Å²) in [5.74, 6) is 0.464. The molecule has 33 heavy (non-hydrogen) atoms. The second-order valence-electron chi connectivity index (χ2n) is 7.18. The van der Waals surface area contributed by atoms with Gasteiger partial charge in [-0.15, -0.1) is 0 Å². The first-order valence-electron chi connectivity index (χ1n) is 10.1. The van der Waals surface area contributed by atoms with Crippen molar-refractivity contribution in [1.29, 1.82) is 0 Å². The molecule has 1 atom stereocenters. The Morgan fingerprint density at radius 3 is 2.52 bits per heavy atom. The van der Waals surface area contributed by atoms with Gasteiger partial charge in [-0.2, -0.15) is 0 Å². The van der Waals surface area contributed by atoms with Crippen molar-refractivity contribution >= 4 is 38.9 Å². The van der Waals surface area contributed by atoms with E-state index in [1.54, 1.807) is 54.6 Å². The first-order valence-corrected chi connectivity index (χ1v) is 11.9. The lowest BCUT2D eigenvalue weighted by atomic mass is 10.2. The van der Waals surface area contributed by atoms with Crippen LogP contribution in [0.15, 0.2) is 90.3 Å². The van der Waals surface area contributed by atoms with E-state index in [0.29, 0.717) is 34.5 Å². The lowest BCUT2D eigenvalue weighted by Gasteiger charge is -2.34. The molecule has 0 radical (unpaired) electrons. The number of anilines is 2. The number of sulfonamides is 1. The topological polar surface area (TPSA) is 84.9 Å². The molecule has 3 aromatic carbocycles. The van der Waals surface area contributed by atoms with Gasteiger partial charge in [0.2, 0.25) is 0 Å². The molecule has 0 saturated carbocycles. The van der Waals surface area contributed by atoms with Crippen molar-refractivity contribution in [3.63, 3.8) is 0 Å². The molecular formula is C24H21ClN2O5S. The Kier molecular flexibility index (Phi) is 6.57. The van der Waals surface area contributed by atoms with Crippen molar-refractivity contribution in [2.24, 2.45) is 0 Å². The second kappa shape index (κ2) is 9.56. The number of carbonyl (C=O) groups excluding carboxylic acids is 1. The summed E-state index contributed by atoms with van der Waals surface area (Å²) in [6.07, 6.45) is 0.580. The van der Waals surface area contributed by atoms with Crippen LogP contribution in [0.1, 0.15) is 0 Å². The van der Waals surface area contributed by atoms with Crippen LogP contribution < -0.4 is 19.1 Å². The van der Waals surface area contributed by atoms with E-state index in [2.05, 4.69) is 11.9 Å². The number of nitrogens with zero attached hydrogens (tertiary/aromatic N) is 1. The third-order valence-corrected chi connectivity index (χ3v) is 6.96. The molecule has 170 valence electrons. The van der Waals surface area contributed by atoms with Crippen LogP contribution in [0.2, 0.25) is 5.02 Å². The SMILES string of the molecule is C=CCOc1ccc(NC(=O)[C@@H]2CN(S(=O)(=O)c3ccc(Cl)cc3)c3ccccc3O2)cc1. The summed E-state index contributed by atoms with van der Waals surface area (Å²) in [4.78, 5) is 13.0. The number of rotatable bonds is 7. The lowest BCUT2D eigenvalue weighted by molar-refractivity contribution is -0.122. The maximum atomic E-state index is 13.4. The van der Waals surface area contributed by atoms with Crippen LogP contribution in [0, 0.1) is 0 Å². The molecule has 0 unspecified atom stereocenters. The van der Waals surface area contributed by atoms with Gasteiger partial charge in [-0.1, -0.05) is 36.4 Å². The van der Waals surface area contributed by atoms with Gasteiger partial charge in [0.15, 0.2) is 6.10 Å². The van der Waals surface area contributed by atoms with Gasteiger partial charge >= 0.3 is 0 Å². The monoisotopic (exact) mass is 484 g/mol. The number of fused-ring (bicyclic) bond motifs is 1. The molecule has 1 heterocycles. The number of ether oxygens (including phenoxy) is 2. The van der Waals surface area contributed by atoms with Gasteiger partial charge in [-0.25, -0.2) is 8.42 Å². The smallest absolute Gasteiger partial charge is 0.267 e. The van der Waals surface area contributed by atoms with Crippen molar-refractivity contribution < 1.29 is 22.7 Å². The molecule has 1 N–H and O–H groups in total. The van der Waals surface area contributed by atoms with Crippen molar-refractivity contribution in [3.05, 3.63) is 90.5 Å². The number of para-hydroxylation sites is 2. The molecule has 1 aliphatic rings. The zero-order valence-corrected chi connectivity index (χ0v) is 19.1. The molecule has 0 spiro atoms. The van der Waals surface area contributed by atoms with E-state index in [4.69, 9.17) is 21.1 Å². The van der Waals surface area contributed by atoms with E-state index in [0.717, 1.165) is 0 Å². The molecule has 1 amide bonds. The number of hydrogen-bond acceptors (Lipinski definition) is 5. The number of hydrogen-bond donors (Lipinski definition) is 1. The predicted molar refractivity (Wildman–Crippen MR) is 128 cm³/mol. The van der Waals surface area contributed by atoms with Gasteiger partial charge in [0, 0.05) is 10.7 Å². The third kappa shape index (κ3) is 4.97. The molecular weight excluding hydrogens is 464 g/mol. The van der Waals surface area contributed by atoms with Crippen molar-refractivity contribution in [2.75, 3.05) is 22.8 Å². The highest BCUT2D eigenvalue weighted by Gasteiger charge is 2.37. The number of nitrogens with one attached hydrogen (secondary N) is 1. The molecule has 1 aliphatic heterocycles. The maximum Gasteiger partial charge on any atom is 0.267 e. The van der Waals surface area contributed by atoms with Crippen LogP contribution in [-0.2, 0) is 14.8 Å². The predicted octanol–water partition coefficient (Wildman–Crippen LogP) is 4.50. The van der Waals surface area contributed by atoms with E-state index >= 15 is 0 Å². The molecule has 4 rings (SSSR count). The molecule has 0 aliphatic carbocycles. The fourth-order valence-corrected chi connectivity index (χ4v) is 4.91. The summed E-state index contributed by atoms with van der Waals surface area (Å²) >= 11 is 5.91. The molecule has 7 nitrogen and oxygen atoms in total. The minimum atomic E-state index is -3.96. The van der Waals surface area contributed by atoms with Gasteiger partial charge in [-0.05, 0) is 60.7 Å². The molecule has 0 saturated heterocycles. The minimum Gasteiger partial charge on any atom is -0.490 e. The van der Waals surface area contributed by atoms with Crippen molar-refractivity contribution in [1.82, 2.24) is 0 Å². The van der Waals surface area contributed by atoms with Crippen LogP contribution in [0.4, 0.5) is 11.4 Å². The summed E-state index contributed by atoms with van der Waals surface area (Å²) in [5.41, 5.74) is 0.890. The largest absolute Gasteiger partial charge is 0.490 e. The highest BCUT2D eigenvalue weighted by atomic mass is 35.5. The first-order chi connectivity index (χ1) is 15.9. The average Bonchev–Trinajstić information content (AvgIpc) is 2.83. The summed E-state index contributed by atoms with van der Waals surface area (Å²) in [6.45, 7) is 3.79. The highest BCUT2D eigenvalue weighted by molar-refractivity contribution is 7.92. The second-order valence-corrected chi connectivity index (χ2v) is 9.48. The van der Waals surface area contributed by atoms with E-state index in [1.165, 1.54) is 28.6 Å². The van der Waals surface area contributed by atoms with Crippen LogP contribution in [0.3, 0.4) is 0 Å². The van der Waals surface area contributed by atoms with Gasteiger partial charge in [-0.3, -0.25) is 9.10 Å². The summed E-state index contributed by atoms with van der Waals surface area (Å²) in [5, 5.41) is 3.19. The minimum absolute atomic E-state index is 0.0675. The Morgan fingerprint density at radius 2 is 1.82 bits per heavy atom. The molecule has 0 aromatic heterocycles. The van der Waals surface area contributed by atoms with Gasteiger partial charge < -0.3 is 14.8 Å². The summed E-state index contributed by atoms with van der Waals surface area (Å²) in [6, 6.07) is 19.4. The summed E-state index contributed by atoms with van der Waals surface area (Å²) in [7, 11) is -3.96. The van der Waals surface area contributed by atoms with E-state index in [9.17, 15) is 13.2 Å². The number of benzene rings is 3. The Labute approximate surface area is 197 Å². The van der Waals surface area contributed by atoms with Crippen molar-refractivity contribution in [2.45, 2.75) is 11.0 Å². The number of amides is 1. The zero-order valence-electron chi connectivity index (χ0n) is 17.5. The Balaban J connectivity index is 1.57. The van der Waals surface area contributed by atoms with Gasteiger partial charge in [0.1, 0.15) is 18.1 Å². The number of halogens is 1. The first kappa shape index (κ1) is 22.7. The van der Waals surface area contributed by atoms with Gasteiger partial charge in [0.25, 0.3) is 15.9 Å². The van der Waals surface area contributed by atoms with Crippen LogP contribution >= 0.6 is 11.6 Å². The average molecular weight is 485 g/mol. The molecule has 3 aromatic rings. The van der Waals surface area contributed by atoms with Gasteiger partial charge in [0.05, 0.1) is 17.1 Å². The molecule has 0 fully saturated rings. The fourth-order valence-electron chi connectivity index (χ4n) is 3.31. The van der Waals surface area contributed by atoms with Crippen LogP contribution in [0.5, 0.6) is 11.5 Å². The number of carbonyl (C=O) groups is 1. The standard InChI is InChI=1S/C24H21ClN2O5S/c1-2-15-31-19-11-9-18(10-12-19)26-24(28)23-16-27(21-5-3-4-6-22(21)32-23)33(29,30)20-13-7-17(25)8-14-20/h2-14,23H,1,15-16H2,(H,26,28)/t23-/m0/s1. The molecule has 9 heteroatoms. The Hall–Kier alpha value is -3.49. The van der Waals surface area contributed by atoms with E-state index in [-0.39, 0.29) is 11.4 Å². The third-order valence-electron chi connectivity index (χ3n) is 4.92. The normalized spacial score (nSPS) is 15.2. The highest BCUT2D eigenvalue weighted by Crippen LogP contribution is 2.37. The quantitative estimate of drug-likeness (QED) is 0.499. The summed E-state index contributed by atoms with van der Waals surface area (Å²) < 4.78 is 39.2. The van der Waals surface area contributed by atoms with E-state index in [1.807, 2.05) is 0 Å². The van der Waals surface area contributed by atoms with Crippen molar-refractivity contribution in [3.8, 4) is 11.5 Å². The lowest BCUT2D eigenvalue weighted by Crippen LogP contribution is -2.48.